The lowest BCUT2D eigenvalue weighted by atomic mass is 9.98. The number of carbonyl (C=O) groups is 1. The van der Waals surface area contributed by atoms with Crippen LogP contribution in [0.1, 0.15) is 27.0 Å². The molecule has 0 spiro atoms. The molecule has 25 heavy (non-hydrogen) atoms. The Morgan fingerprint density at radius 2 is 2.08 bits per heavy atom. The van der Waals surface area contributed by atoms with Crippen molar-refractivity contribution in [3.05, 3.63) is 83.2 Å². The van der Waals surface area contributed by atoms with Gasteiger partial charge < -0.3 is 5.32 Å². The van der Waals surface area contributed by atoms with Gasteiger partial charge in [0.25, 0.3) is 5.91 Å². The number of aromatic nitrogens is 3. The number of hydrogen-bond acceptors (Lipinski definition) is 3. The maximum Gasteiger partial charge on any atom is 0.251 e. The van der Waals surface area contributed by atoms with Crippen LogP contribution in [0.25, 0.3) is 0 Å². The van der Waals surface area contributed by atoms with Crippen molar-refractivity contribution in [2.75, 3.05) is 6.54 Å². The smallest absolute Gasteiger partial charge is 0.251 e. The van der Waals surface area contributed by atoms with Gasteiger partial charge in [0.1, 0.15) is 18.5 Å². The minimum Gasteiger partial charge on any atom is -0.350 e. The second-order valence-corrected chi connectivity index (χ2v) is 5.83. The summed E-state index contributed by atoms with van der Waals surface area (Å²) in [6.45, 7) is 2.74. The molecule has 1 aromatic heterocycles. The highest BCUT2D eigenvalue weighted by atomic mass is 19.1. The van der Waals surface area contributed by atoms with E-state index >= 15 is 0 Å². The standard InChI is InChI=1S/C19H19FN4O/c1-14-6-7-15(11-18(14)20)10-16-4-2-3-5-17(16)19(25)22-8-9-24-13-21-12-23-24/h2-7,11-13H,8-10H2,1H3,(H,22,25). The van der Waals surface area contributed by atoms with Crippen molar-refractivity contribution < 1.29 is 9.18 Å². The molecule has 3 aromatic rings. The summed E-state index contributed by atoms with van der Waals surface area (Å²) in [5, 5.41) is 6.88. The fourth-order valence-electron chi connectivity index (χ4n) is 2.59. The van der Waals surface area contributed by atoms with Crippen LogP contribution < -0.4 is 5.32 Å². The highest BCUT2D eigenvalue weighted by Gasteiger charge is 2.11. The minimum atomic E-state index is -0.229. The molecular formula is C19H19FN4O. The molecule has 0 aliphatic rings. The van der Waals surface area contributed by atoms with Gasteiger partial charge in [-0.05, 0) is 42.2 Å². The second-order valence-electron chi connectivity index (χ2n) is 5.83. The van der Waals surface area contributed by atoms with Gasteiger partial charge in [-0.1, -0.05) is 30.3 Å². The Labute approximate surface area is 145 Å². The molecule has 0 bridgehead atoms. The predicted molar refractivity (Wildman–Crippen MR) is 92.7 cm³/mol. The van der Waals surface area contributed by atoms with Gasteiger partial charge in [0.2, 0.25) is 0 Å². The van der Waals surface area contributed by atoms with Crippen LogP contribution in [0.2, 0.25) is 0 Å². The van der Waals surface area contributed by atoms with E-state index in [1.165, 1.54) is 12.4 Å². The second kappa shape index (κ2) is 7.70. The van der Waals surface area contributed by atoms with Crippen LogP contribution in [0.4, 0.5) is 4.39 Å². The molecule has 3 rings (SSSR count). The van der Waals surface area contributed by atoms with Crippen molar-refractivity contribution >= 4 is 5.91 Å². The molecule has 128 valence electrons. The molecule has 0 aliphatic heterocycles. The lowest BCUT2D eigenvalue weighted by Crippen LogP contribution is -2.28. The minimum absolute atomic E-state index is 0.150. The van der Waals surface area contributed by atoms with E-state index in [1.54, 1.807) is 30.1 Å². The molecule has 1 amide bonds. The molecule has 0 fully saturated rings. The van der Waals surface area contributed by atoms with Crippen LogP contribution in [0.15, 0.2) is 55.1 Å². The Hall–Kier alpha value is -3.02. The maximum atomic E-state index is 13.7. The van der Waals surface area contributed by atoms with E-state index in [1.807, 2.05) is 24.3 Å². The SMILES string of the molecule is Cc1ccc(Cc2ccccc2C(=O)NCCn2cncn2)cc1F. The van der Waals surface area contributed by atoms with Crippen LogP contribution in [-0.2, 0) is 13.0 Å². The fourth-order valence-corrected chi connectivity index (χ4v) is 2.59. The molecule has 5 nitrogen and oxygen atoms in total. The Bertz CT molecular complexity index is 862. The number of carbonyl (C=O) groups excluding carboxylic acids is 1. The van der Waals surface area contributed by atoms with E-state index in [9.17, 15) is 9.18 Å². The van der Waals surface area contributed by atoms with Crippen molar-refractivity contribution in [1.29, 1.82) is 0 Å². The predicted octanol–water partition coefficient (Wildman–Crippen LogP) is 2.75. The summed E-state index contributed by atoms with van der Waals surface area (Å²) in [7, 11) is 0. The number of halogens is 1. The van der Waals surface area contributed by atoms with E-state index < -0.39 is 0 Å². The molecule has 6 heteroatoms. The van der Waals surface area contributed by atoms with Crippen molar-refractivity contribution in [3.8, 4) is 0 Å². The molecule has 0 unspecified atom stereocenters. The monoisotopic (exact) mass is 338 g/mol. The van der Waals surface area contributed by atoms with Gasteiger partial charge in [0.05, 0.1) is 6.54 Å². The summed E-state index contributed by atoms with van der Waals surface area (Å²) in [6.07, 6.45) is 3.56. The summed E-state index contributed by atoms with van der Waals surface area (Å²) in [5.74, 6) is -0.379. The Balaban J connectivity index is 1.69. The molecule has 0 radical (unpaired) electrons. The third kappa shape index (κ3) is 4.29. The fraction of sp³-hybridized carbons (Fsp3) is 0.211. The first kappa shape index (κ1) is 16.8. The number of benzene rings is 2. The first-order valence-corrected chi connectivity index (χ1v) is 8.07. The molecular weight excluding hydrogens is 319 g/mol. The topological polar surface area (TPSA) is 59.8 Å². The average molecular weight is 338 g/mol. The third-order valence-electron chi connectivity index (χ3n) is 3.99. The van der Waals surface area contributed by atoms with Gasteiger partial charge in [-0.25, -0.2) is 9.37 Å². The van der Waals surface area contributed by atoms with Crippen LogP contribution in [0, 0.1) is 12.7 Å². The van der Waals surface area contributed by atoms with E-state index in [2.05, 4.69) is 15.4 Å². The lowest BCUT2D eigenvalue weighted by Gasteiger charge is -2.11. The first-order valence-electron chi connectivity index (χ1n) is 8.07. The van der Waals surface area contributed by atoms with E-state index in [0.717, 1.165) is 11.1 Å². The van der Waals surface area contributed by atoms with Gasteiger partial charge in [-0.3, -0.25) is 9.48 Å². The molecule has 1 heterocycles. The van der Waals surface area contributed by atoms with Gasteiger partial charge >= 0.3 is 0 Å². The molecule has 0 atom stereocenters. The van der Waals surface area contributed by atoms with Crippen molar-refractivity contribution in [1.82, 2.24) is 20.1 Å². The van der Waals surface area contributed by atoms with E-state index in [-0.39, 0.29) is 11.7 Å². The largest absolute Gasteiger partial charge is 0.350 e. The molecule has 0 aliphatic carbocycles. The number of aryl methyl sites for hydroxylation is 1. The third-order valence-corrected chi connectivity index (χ3v) is 3.99. The zero-order valence-corrected chi connectivity index (χ0v) is 13.9. The number of nitrogens with one attached hydrogen (secondary N) is 1. The summed E-state index contributed by atoms with van der Waals surface area (Å²) in [5.41, 5.74) is 2.92. The van der Waals surface area contributed by atoms with Gasteiger partial charge in [-0.15, -0.1) is 0 Å². The van der Waals surface area contributed by atoms with Crippen LogP contribution >= 0.6 is 0 Å². The van der Waals surface area contributed by atoms with Crippen molar-refractivity contribution in [2.45, 2.75) is 19.9 Å². The van der Waals surface area contributed by atoms with E-state index in [0.29, 0.717) is 30.6 Å². The number of rotatable bonds is 6. The summed E-state index contributed by atoms with van der Waals surface area (Å²) >= 11 is 0. The Morgan fingerprint density at radius 1 is 1.24 bits per heavy atom. The Kier molecular flexibility index (Phi) is 5.18. The van der Waals surface area contributed by atoms with Crippen molar-refractivity contribution in [3.63, 3.8) is 0 Å². The first-order chi connectivity index (χ1) is 12.1. The van der Waals surface area contributed by atoms with Crippen LogP contribution in [0.3, 0.4) is 0 Å². The number of hydrogen-bond donors (Lipinski definition) is 1. The van der Waals surface area contributed by atoms with Gasteiger partial charge in [0, 0.05) is 12.1 Å². The molecule has 1 N–H and O–H groups in total. The highest BCUT2D eigenvalue weighted by Crippen LogP contribution is 2.17. The highest BCUT2D eigenvalue weighted by molar-refractivity contribution is 5.95. The molecule has 0 saturated carbocycles. The summed E-state index contributed by atoms with van der Waals surface area (Å²) in [6, 6.07) is 12.5. The number of amides is 1. The molecule has 2 aromatic carbocycles. The zero-order valence-electron chi connectivity index (χ0n) is 13.9. The van der Waals surface area contributed by atoms with E-state index in [4.69, 9.17) is 0 Å². The van der Waals surface area contributed by atoms with Gasteiger partial charge in [0.15, 0.2) is 0 Å². The summed E-state index contributed by atoms with van der Waals surface area (Å²) < 4.78 is 15.4. The van der Waals surface area contributed by atoms with Crippen molar-refractivity contribution in [2.24, 2.45) is 0 Å². The lowest BCUT2D eigenvalue weighted by molar-refractivity contribution is 0.0951. The summed E-state index contributed by atoms with van der Waals surface area (Å²) in [4.78, 5) is 16.3. The average Bonchev–Trinajstić information content (AvgIpc) is 3.12. The maximum absolute atomic E-state index is 13.7. The zero-order chi connectivity index (χ0) is 17.6. The Morgan fingerprint density at radius 3 is 2.84 bits per heavy atom. The number of nitrogens with zero attached hydrogens (tertiary/aromatic N) is 3. The quantitative estimate of drug-likeness (QED) is 0.752. The molecule has 0 saturated heterocycles. The van der Waals surface area contributed by atoms with Crippen LogP contribution in [0.5, 0.6) is 0 Å². The normalized spacial score (nSPS) is 10.6. The van der Waals surface area contributed by atoms with Gasteiger partial charge in [-0.2, -0.15) is 5.10 Å². The van der Waals surface area contributed by atoms with Crippen LogP contribution in [-0.4, -0.2) is 27.2 Å².